The summed E-state index contributed by atoms with van der Waals surface area (Å²) in [5, 5.41) is 8.38. The molecule has 0 saturated carbocycles. The minimum Gasteiger partial charge on any atom is -0.366 e. The molecule has 2 heterocycles. The molecule has 0 unspecified atom stereocenters. The van der Waals surface area contributed by atoms with Gasteiger partial charge in [0.05, 0.1) is 22.2 Å². The smallest absolute Gasteiger partial charge is 0.366 e. The fourth-order valence-corrected chi connectivity index (χ4v) is 4.11. The van der Waals surface area contributed by atoms with Crippen LogP contribution >= 0.6 is 0 Å². The van der Waals surface area contributed by atoms with Crippen molar-refractivity contribution in [1.82, 2.24) is 15.2 Å². The van der Waals surface area contributed by atoms with Gasteiger partial charge in [-0.05, 0) is 53.1 Å². The fourth-order valence-electron chi connectivity index (χ4n) is 4.11. The number of H-pyrrole nitrogens is 1. The number of pyridine rings is 1. The van der Waals surface area contributed by atoms with E-state index in [1.165, 1.54) is 6.07 Å². The van der Waals surface area contributed by atoms with Crippen molar-refractivity contribution in [2.75, 3.05) is 0 Å². The summed E-state index contributed by atoms with van der Waals surface area (Å²) in [6.45, 7) is 0. The van der Waals surface area contributed by atoms with E-state index in [0.717, 1.165) is 34.7 Å². The number of nitrogens with two attached hydrogens (primary N) is 1. The molecule has 3 N–H and O–H groups in total. The third-order valence-corrected chi connectivity index (χ3v) is 5.81. The lowest BCUT2D eigenvalue weighted by atomic mass is 9.94. The number of nitrogens with zero attached hydrogens (tertiary/aromatic N) is 2. The second-order valence-corrected chi connectivity index (χ2v) is 8.10. The number of alkyl halides is 3. The Morgan fingerprint density at radius 3 is 2.54 bits per heavy atom. The Balaban J connectivity index is 1.62. The minimum atomic E-state index is -4.61. The first-order chi connectivity index (χ1) is 16.7. The van der Waals surface area contributed by atoms with E-state index in [-0.39, 0.29) is 22.1 Å². The van der Waals surface area contributed by atoms with Crippen LogP contribution in [-0.4, -0.2) is 21.1 Å². The molecule has 0 aliphatic heterocycles. The Morgan fingerprint density at radius 1 is 0.971 bits per heavy atom. The first-order valence-electron chi connectivity index (χ1n) is 10.6. The van der Waals surface area contributed by atoms with Crippen molar-refractivity contribution in [1.29, 1.82) is 0 Å². The predicted molar refractivity (Wildman–Crippen MR) is 126 cm³/mol. The van der Waals surface area contributed by atoms with Crippen LogP contribution in [0.15, 0.2) is 77.7 Å². The van der Waals surface area contributed by atoms with Crippen LogP contribution in [-0.2, 0) is 12.6 Å². The number of aromatic amines is 1. The highest BCUT2D eigenvalue weighted by atomic mass is 19.4. The number of carbonyl (C=O) groups excluding carboxylic acids is 1. The van der Waals surface area contributed by atoms with Gasteiger partial charge in [-0.15, -0.1) is 0 Å². The topological polar surface area (TPSA) is 102 Å². The van der Waals surface area contributed by atoms with E-state index >= 15 is 0 Å². The number of primary amides is 1. The maximum absolute atomic E-state index is 13.3. The molecule has 3 aromatic carbocycles. The van der Waals surface area contributed by atoms with E-state index in [1.807, 2.05) is 30.3 Å². The van der Waals surface area contributed by atoms with Gasteiger partial charge >= 0.3 is 6.18 Å². The normalized spacial score (nSPS) is 11.7. The first kappa shape index (κ1) is 22.3. The summed E-state index contributed by atoms with van der Waals surface area (Å²) in [5.41, 5.74) is 6.44. The summed E-state index contributed by atoms with van der Waals surface area (Å²) in [6, 6.07) is 17.0. The zero-order chi connectivity index (χ0) is 24.7. The number of aromatic nitrogens is 3. The summed E-state index contributed by atoms with van der Waals surface area (Å²) >= 11 is 0. The van der Waals surface area contributed by atoms with Gasteiger partial charge in [-0.1, -0.05) is 30.3 Å². The van der Waals surface area contributed by atoms with Crippen LogP contribution in [0.2, 0.25) is 0 Å². The van der Waals surface area contributed by atoms with Gasteiger partial charge in [0.2, 0.25) is 5.91 Å². The number of fused-ring (bicyclic) bond motifs is 2. The summed E-state index contributed by atoms with van der Waals surface area (Å²) < 4.78 is 39.9. The van der Waals surface area contributed by atoms with E-state index < -0.39 is 23.2 Å². The Hall–Kier alpha value is -4.53. The van der Waals surface area contributed by atoms with Crippen LogP contribution in [0.25, 0.3) is 32.8 Å². The molecule has 6 nitrogen and oxygen atoms in total. The minimum absolute atomic E-state index is 0.00860. The number of benzene rings is 3. The molecule has 9 heteroatoms. The predicted octanol–water partition coefficient (Wildman–Crippen LogP) is 4.85. The van der Waals surface area contributed by atoms with E-state index in [2.05, 4.69) is 15.2 Å². The summed E-state index contributed by atoms with van der Waals surface area (Å²) in [6.07, 6.45) is -2.50. The molecule has 174 valence electrons. The highest BCUT2D eigenvalue weighted by Crippen LogP contribution is 2.35. The van der Waals surface area contributed by atoms with Crippen molar-refractivity contribution in [3.63, 3.8) is 0 Å². The second-order valence-electron chi connectivity index (χ2n) is 8.10. The SMILES string of the molecule is NC(=O)c1ccc(C(F)(F)F)cc1-c1ccc2c(Cc3cnc4ccccc4c3)n[nH]c(=O)c2c1. The van der Waals surface area contributed by atoms with Crippen LogP contribution < -0.4 is 11.3 Å². The molecule has 0 fully saturated rings. The highest BCUT2D eigenvalue weighted by molar-refractivity contribution is 6.01. The van der Waals surface area contributed by atoms with Gasteiger partial charge < -0.3 is 5.73 Å². The quantitative estimate of drug-likeness (QED) is 0.389. The van der Waals surface area contributed by atoms with Crippen molar-refractivity contribution in [2.45, 2.75) is 12.6 Å². The number of nitrogens with one attached hydrogen (secondary N) is 1. The van der Waals surface area contributed by atoms with Crippen LogP contribution in [0.1, 0.15) is 27.2 Å². The lowest BCUT2D eigenvalue weighted by Gasteiger charge is -2.13. The average molecular weight is 474 g/mol. The number of para-hydroxylation sites is 1. The van der Waals surface area contributed by atoms with E-state index in [4.69, 9.17) is 5.73 Å². The number of hydrogen-bond acceptors (Lipinski definition) is 4. The Labute approximate surface area is 196 Å². The number of carbonyl (C=O) groups is 1. The summed E-state index contributed by atoms with van der Waals surface area (Å²) in [4.78, 5) is 28.9. The van der Waals surface area contributed by atoms with Crippen molar-refractivity contribution in [3.05, 3.63) is 106 Å². The summed E-state index contributed by atoms with van der Waals surface area (Å²) in [5.74, 6) is -0.873. The van der Waals surface area contributed by atoms with Gasteiger partial charge in [0.1, 0.15) is 0 Å². The van der Waals surface area contributed by atoms with E-state index in [1.54, 1.807) is 18.3 Å². The van der Waals surface area contributed by atoms with Gasteiger partial charge in [0, 0.05) is 29.0 Å². The number of rotatable bonds is 4. The number of halogens is 3. The van der Waals surface area contributed by atoms with Gasteiger partial charge in [0.25, 0.3) is 5.56 Å². The average Bonchev–Trinajstić information content (AvgIpc) is 2.84. The third-order valence-electron chi connectivity index (χ3n) is 5.81. The molecule has 5 rings (SSSR count). The monoisotopic (exact) mass is 474 g/mol. The molecule has 1 amide bonds. The number of amides is 1. The van der Waals surface area contributed by atoms with Crippen LogP contribution in [0, 0.1) is 0 Å². The van der Waals surface area contributed by atoms with Crippen LogP contribution in [0.3, 0.4) is 0 Å². The van der Waals surface area contributed by atoms with Gasteiger partial charge in [-0.25, -0.2) is 5.10 Å². The molecular weight excluding hydrogens is 457 g/mol. The first-order valence-corrected chi connectivity index (χ1v) is 10.6. The van der Waals surface area contributed by atoms with Gasteiger partial charge in [-0.2, -0.15) is 18.3 Å². The Kier molecular flexibility index (Phi) is 5.32. The van der Waals surface area contributed by atoms with Crippen LogP contribution in [0.5, 0.6) is 0 Å². The highest BCUT2D eigenvalue weighted by Gasteiger charge is 2.31. The molecule has 0 aliphatic rings. The molecule has 0 saturated heterocycles. The lowest BCUT2D eigenvalue weighted by molar-refractivity contribution is -0.137. The molecule has 0 bridgehead atoms. The molecule has 0 aliphatic carbocycles. The largest absolute Gasteiger partial charge is 0.416 e. The maximum Gasteiger partial charge on any atom is 0.416 e. The van der Waals surface area contributed by atoms with E-state index in [0.29, 0.717) is 17.5 Å². The molecule has 0 spiro atoms. The van der Waals surface area contributed by atoms with Gasteiger partial charge in [-0.3, -0.25) is 14.6 Å². The second kappa shape index (κ2) is 8.35. The molecule has 35 heavy (non-hydrogen) atoms. The van der Waals surface area contributed by atoms with Crippen molar-refractivity contribution in [3.8, 4) is 11.1 Å². The number of hydrogen-bond donors (Lipinski definition) is 2. The fraction of sp³-hybridized carbons (Fsp3) is 0.0769. The molecule has 2 aromatic heterocycles. The lowest BCUT2D eigenvalue weighted by Crippen LogP contribution is -2.15. The van der Waals surface area contributed by atoms with Crippen molar-refractivity contribution < 1.29 is 18.0 Å². The maximum atomic E-state index is 13.3. The Bertz CT molecular complexity index is 1680. The zero-order valence-corrected chi connectivity index (χ0v) is 18.1. The van der Waals surface area contributed by atoms with E-state index in [9.17, 15) is 22.8 Å². The standard InChI is InChI=1S/C26H17F3N4O2/c27-26(28,29)17-6-8-19(24(30)34)20(12-17)15-5-7-18-21(11-15)25(35)33-32-23(18)10-14-9-16-3-1-2-4-22(16)31-13-14/h1-9,11-13H,10H2,(H2,30,34)(H,33,35). The summed E-state index contributed by atoms with van der Waals surface area (Å²) in [7, 11) is 0. The third kappa shape index (κ3) is 4.23. The van der Waals surface area contributed by atoms with Crippen molar-refractivity contribution >= 4 is 27.6 Å². The van der Waals surface area contributed by atoms with Crippen molar-refractivity contribution in [2.24, 2.45) is 5.73 Å². The molecule has 0 atom stereocenters. The Morgan fingerprint density at radius 2 is 1.77 bits per heavy atom. The molecule has 5 aromatic rings. The zero-order valence-electron chi connectivity index (χ0n) is 18.1. The molecule has 0 radical (unpaired) electrons. The van der Waals surface area contributed by atoms with Gasteiger partial charge in [0.15, 0.2) is 0 Å². The molecular formula is C26H17F3N4O2. The van der Waals surface area contributed by atoms with Crippen LogP contribution in [0.4, 0.5) is 13.2 Å².